The Labute approximate surface area is 123 Å². The molecule has 0 saturated carbocycles. The normalized spacial score (nSPS) is 12.1. The summed E-state index contributed by atoms with van der Waals surface area (Å²) in [4.78, 5) is 4.33. The number of hydrogen-bond acceptors (Lipinski definition) is 4. The summed E-state index contributed by atoms with van der Waals surface area (Å²) in [5.41, 5.74) is 0.809. The molecule has 1 aromatic carbocycles. The van der Waals surface area contributed by atoms with Gasteiger partial charge in [0.05, 0.1) is 31.0 Å². The number of nitrogens with one attached hydrogen (secondary N) is 1. The van der Waals surface area contributed by atoms with E-state index in [4.69, 9.17) is 21.1 Å². The van der Waals surface area contributed by atoms with Crippen molar-refractivity contribution in [2.75, 3.05) is 19.5 Å². The number of aromatic nitrogens is 2. The van der Waals surface area contributed by atoms with Gasteiger partial charge in [-0.15, -0.1) is 0 Å². The second kappa shape index (κ2) is 6.05. The van der Waals surface area contributed by atoms with Crippen LogP contribution in [0.5, 0.6) is 11.5 Å². The van der Waals surface area contributed by atoms with Crippen molar-refractivity contribution in [1.82, 2.24) is 9.55 Å². The molecule has 1 N–H and O–H groups in total. The summed E-state index contributed by atoms with van der Waals surface area (Å²) in [6.45, 7) is 2.03. The molecule has 2 rings (SSSR count). The third kappa shape index (κ3) is 2.82. The third-order valence-corrected chi connectivity index (χ3v) is 3.39. The van der Waals surface area contributed by atoms with Crippen molar-refractivity contribution in [3.8, 4) is 11.5 Å². The van der Waals surface area contributed by atoms with E-state index in [2.05, 4.69) is 10.3 Å². The highest BCUT2D eigenvalue weighted by Gasteiger charge is 2.15. The van der Waals surface area contributed by atoms with E-state index in [0.717, 1.165) is 11.5 Å². The summed E-state index contributed by atoms with van der Waals surface area (Å²) >= 11 is 6.09. The maximum atomic E-state index is 6.09. The molecule has 2 aromatic rings. The molecule has 0 aliphatic heterocycles. The lowest BCUT2D eigenvalue weighted by molar-refractivity contribution is 0.404. The van der Waals surface area contributed by atoms with E-state index in [1.165, 1.54) is 0 Å². The number of ether oxygens (including phenoxy) is 2. The van der Waals surface area contributed by atoms with Gasteiger partial charge in [0.25, 0.3) is 0 Å². The Morgan fingerprint density at radius 3 is 2.50 bits per heavy atom. The molecule has 1 atom stereocenters. The second-order valence-corrected chi connectivity index (χ2v) is 4.86. The highest BCUT2D eigenvalue weighted by molar-refractivity contribution is 6.32. The van der Waals surface area contributed by atoms with Gasteiger partial charge in [-0.1, -0.05) is 11.6 Å². The number of aryl methyl sites for hydroxylation is 1. The fraction of sp³-hybridized carbons (Fsp3) is 0.357. The first kappa shape index (κ1) is 14.5. The first-order valence-corrected chi connectivity index (χ1v) is 6.60. The van der Waals surface area contributed by atoms with Crippen LogP contribution in [-0.2, 0) is 7.05 Å². The zero-order valence-corrected chi connectivity index (χ0v) is 12.7. The summed E-state index contributed by atoms with van der Waals surface area (Å²) in [7, 11) is 5.15. The van der Waals surface area contributed by atoms with Crippen molar-refractivity contribution < 1.29 is 9.47 Å². The van der Waals surface area contributed by atoms with Crippen LogP contribution in [0.3, 0.4) is 0 Å². The zero-order chi connectivity index (χ0) is 14.7. The Hall–Kier alpha value is -1.88. The predicted molar refractivity (Wildman–Crippen MR) is 79.8 cm³/mol. The number of anilines is 1. The fourth-order valence-electron chi connectivity index (χ4n) is 2.07. The monoisotopic (exact) mass is 295 g/mol. The number of hydrogen-bond donors (Lipinski definition) is 1. The lowest BCUT2D eigenvalue weighted by Crippen LogP contribution is -2.12. The number of imidazole rings is 1. The minimum absolute atomic E-state index is 0.0229. The van der Waals surface area contributed by atoms with Crippen LogP contribution in [0.2, 0.25) is 5.02 Å². The van der Waals surface area contributed by atoms with Gasteiger partial charge in [0.1, 0.15) is 17.3 Å². The van der Waals surface area contributed by atoms with Gasteiger partial charge < -0.3 is 19.4 Å². The van der Waals surface area contributed by atoms with Gasteiger partial charge in [0.2, 0.25) is 0 Å². The summed E-state index contributed by atoms with van der Waals surface area (Å²) in [5.74, 6) is 2.19. The fourth-order valence-corrected chi connectivity index (χ4v) is 2.30. The van der Waals surface area contributed by atoms with Crippen molar-refractivity contribution in [1.29, 1.82) is 0 Å². The average Bonchev–Trinajstić information content (AvgIpc) is 2.86. The molecular weight excluding hydrogens is 278 g/mol. The van der Waals surface area contributed by atoms with E-state index < -0.39 is 0 Å². The van der Waals surface area contributed by atoms with Crippen LogP contribution in [0.15, 0.2) is 24.5 Å². The van der Waals surface area contributed by atoms with E-state index >= 15 is 0 Å². The molecule has 1 heterocycles. The summed E-state index contributed by atoms with van der Waals surface area (Å²) in [5, 5.41) is 3.87. The molecule has 0 aliphatic carbocycles. The molecule has 0 bridgehead atoms. The molecule has 0 fully saturated rings. The van der Waals surface area contributed by atoms with Crippen LogP contribution in [0, 0.1) is 0 Å². The largest absolute Gasteiger partial charge is 0.495 e. The predicted octanol–water partition coefficient (Wildman–Crippen LogP) is 3.26. The lowest BCUT2D eigenvalue weighted by Gasteiger charge is -2.18. The highest BCUT2D eigenvalue weighted by atomic mass is 35.5. The molecule has 108 valence electrons. The van der Waals surface area contributed by atoms with Crippen LogP contribution >= 0.6 is 11.6 Å². The van der Waals surface area contributed by atoms with Gasteiger partial charge in [-0.05, 0) is 6.92 Å². The number of halogens is 1. The molecule has 6 heteroatoms. The number of benzene rings is 1. The number of methoxy groups -OCH3 is 2. The second-order valence-electron chi connectivity index (χ2n) is 4.45. The smallest absolute Gasteiger partial charge is 0.143 e. The van der Waals surface area contributed by atoms with Crippen LogP contribution < -0.4 is 14.8 Å². The Bertz CT molecular complexity index is 598. The van der Waals surface area contributed by atoms with Gasteiger partial charge in [0, 0.05) is 31.6 Å². The number of nitrogens with zero attached hydrogens (tertiary/aromatic N) is 2. The highest BCUT2D eigenvalue weighted by Crippen LogP contribution is 2.37. The van der Waals surface area contributed by atoms with Crippen LogP contribution in [-0.4, -0.2) is 23.8 Å². The number of rotatable bonds is 5. The Morgan fingerprint density at radius 2 is 1.95 bits per heavy atom. The third-order valence-electron chi connectivity index (χ3n) is 3.09. The van der Waals surface area contributed by atoms with E-state index in [-0.39, 0.29) is 6.04 Å². The molecule has 0 aliphatic rings. The maximum Gasteiger partial charge on any atom is 0.143 e. The van der Waals surface area contributed by atoms with Gasteiger partial charge in [-0.3, -0.25) is 0 Å². The van der Waals surface area contributed by atoms with E-state index in [1.807, 2.05) is 30.8 Å². The van der Waals surface area contributed by atoms with E-state index in [1.54, 1.807) is 26.5 Å². The summed E-state index contributed by atoms with van der Waals surface area (Å²) in [6, 6.07) is 3.57. The van der Waals surface area contributed by atoms with Crippen molar-refractivity contribution in [2.45, 2.75) is 13.0 Å². The molecule has 1 unspecified atom stereocenters. The summed E-state index contributed by atoms with van der Waals surface area (Å²) in [6.07, 6.45) is 3.68. The average molecular weight is 296 g/mol. The van der Waals surface area contributed by atoms with Crippen LogP contribution in [0.25, 0.3) is 0 Å². The van der Waals surface area contributed by atoms with Crippen molar-refractivity contribution >= 4 is 17.3 Å². The van der Waals surface area contributed by atoms with Gasteiger partial charge in [-0.2, -0.15) is 0 Å². The van der Waals surface area contributed by atoms with Crippen molar-refractivity contribution in [3.63, 3.8) is 0 Å². The molecule has 20 heavy (non-hydrogen) atoms. The Kier molecular flexibility index (Phi) is 4.39. The molecular formula is C14H18ClN3O2. The molecule has 0 amide bonds. The van der Waals surface area contributed by atoms with Gasteiger partial charge >= 0.3 is 0 Å². The van der Waals surface area contributed by atoms with Crippen molar-refractivity contribution in [3.05, 3.63) is 35.4 Å². The first-order valence-electron chi connectivity index (χ1n) is 6.22. The molecule has 0 spiro atoms. The van der Waals surface area contributed by atoms with Crippen molar-refractivity contribution in [2.24, 2.45) is 7.05 Å². The zero-order valence-electron chi connectivity index (χ0n) is 12.0. The molecule has 0 radical (unpaired) electrons. The topological polar surface area (TPSA) is 48.3 Å². The van der Waals surface area contributed by atoms with Crippen LogP contribution in [0.1, 0.15) is 18.8 Å². The van der Waals surface area contributed by atoms with Gasteiger partial charge in [0.15, 0.2) is 0 Å². The SMILES string of the molecule is COc1cc(NC(C)c2nccn2C)c(OC)cc1Cl. The van der Waals surface area contributed by atoms with Gasteiger partial charge in [-0.25, -0.2) is 4.98 Å². The van der Waals surface area contributed by atoms with Crippen LogP contribution in [0.4, 0.5) is 5.69 Å². The standard InChI is InChI=1S/C14H18ClN3O2/c1-9(14-16-5-6-18(14)2)17-11-8-12(19-3)10(15)7-13(11)20-4/h5-9,17H,1-4H3. The molecule has 1 aromatic heterocycles. The quantitative estimate of drug-likeness (QED) is 0.920. The molecule has 5 nitrogen and oxygen atoms in total. The summed E-state index contributed by atoms with van der Waals surface area (Å²) < 4.78 is 12.5. The Morgan fingerprint density at radius 1 is 1.25 bits per heavy atom. The van der Waals surface area contributed by atoms with E-state index in [9.17, 15) is 0 Å². The lowest BCUT2D eigenvalue weighted by atomic mass is 10.2. The first-order chi connectivity index (χ1) is 9.56. The minimum atomic E-state index is 0.0229. The Balaban J connectivity index is 2.30. The van der Waals surface area contributed by atoms with E-state index in [0.29, 0.717) is 16.5 Å². The minimum Gasteiger partial charge on any atom is -0.495 e. The maximum absolute atomic E-state index is 6.09. The molecule has 0 saturated heterocycles.